The molecule has 0 saturated heterocycles. The zero-order valence-corrected chi connectivity index (χ0v) is 12.8. The fourth-order valence-electron chi connectivity index (χ4n) is 2.07. The first-order valence-electron chi connectivity index (χ1n) is 6.75. The van der Waals surface area contributed by atoms with Crippen LogP contribution in [0.1, 0.15) is 25.8 Å². The van der Waals surface area contributed by atoms with Crippen molar-refractivity contribution in [2.75, 3.05) is 19.6 Å². The molecule has 1 rings (SSSR count). The van der Waals surface area contributed by atoms with Gasteiger partial charge in [-0.25, -0.2) is 0 Å². The third-order valence-electron chi connectivity index (χ3n) is 2.92. The van der Waals surface area contributed by atoms with E-state index in [1.165, 1.54) is 12.1 Å². The van der Waals surface area contributed by atoms with E-state index in [1.54, 1.807) is 23.1 Å². The highest BCUT2D eigenvalue weighted by atomic mass is 32.1. The minimum absolute atomic E-state index is 0.0454. The summed E-state index contributed by atoms with van der Waals surface area (Å²) in [5.74, 6) is -2.56. The van der Waals surface area contributed by atoms with E-state index in [1.807, 2.05) is 13.8 Å². The molecule has 112 valence electrons. The fraction of sp³-hybridized carbons (Fsp3) is 0.533. The lowest BCUT2D eigenvalue weighted by atomic mass is 10.1. The Balaban J connectivity index is 2.74. The Morgan fingerprint density at radius 2 is 1.90 bits per heavy atom. The second-order valence-electron chi connectivity index (χ2n) is 5.42. The van der Waals surface area contributed by atoms with Crippen molar-refractivity contribution in [1.82, 2.24) is 4.90 Å². The molecular formula is C15H22F2N2S. The van der Waals surface area contributed by atoms with Crippen LogP contribution < -0.4 is 5.73 Å². The van der Waals surface area contributed by atoms with E-state index >= 15 is 0 Å². The van der Waals surface area contributed by atoms with Gasteiger partial charge in [0.25, 0.3) is 5.92 Å². The van der Waals surface area contributed by atoms with Crippen molar-refractivity contribution in [2.24, 2.45) is 11.7 Å². The molecule has 0 bridgehead atoms. The van der Waals surface area contributed by atoms with Crippen LogP contribution in [0.3, 0.4) is 0 Å². The average Bonchev–Trinajstić information content (AvgIpc) is 2.36. The molecule has 1 aromatic rings. The molecule has 0 unspecified atom stereocenters. The molecule has 0 amide bonds. The number of nitrogens with zero attached hydrogens (tertiary/aromatic N) is 1. The minimum Gasteiger partial charge on any atom is -0.393 e. The molecule has 0 aliphatic heterocycles. The lowest BCUT2D eigenvalue weighted by molar-refractivity contribution is -0.0395. The van der Waals surface area contributed by atoms with E-state index in [-0.39, 0.29) is 12.1 Å². The third-order valence-corrected chi connectivity index (χ3v) is 3.12. The Bertz CT molecular complexity index is 421. The second kappa shape index (κ2) is 7.64. The lowest BCUT2D eigenvalue weighted by Crippen LogP contribution is -2.39. The molecule has 0 radical (unpaired) electrons. The second-order valence-corrected chi connectivity index (χ2v) is 5.94. The summed E-state index contributed by atoms with van der Waals surface area (Å²) < 4.78 is 28.6. The van der Waals surface area contributed by atoms with Crippen molar-refractivity contribution in [2.45, 2.75) is 26.2 Å². The maximum atomic E-state index is 14.3. The third kappa shape index (κ3) is 5.92. The lowest BCUT2D eigenvalue weighted by Gasteiger charge is -2.28. The molecule has 0 fully saturated rings. The van der Waals surface area contributed by atoms with Crippen molar-refractivity contribution >= 4 is 17.2 Å². The van der Waals surface area contributed by atoms with Crippen LogP contribution in [-0.4, -0.2) is 29.5 Å². The minimum atomic E-state index is -2.87. The number of thiocarbonyl (C=S) groups is 1. The van der Waals surface area contributed by atoms with Gasteiger partial charge in [-0.15, -0.1) is 0 Å². The van der Waals surface area contributed by atoms with Crippen molar-refractivity contribution in [3.63, 3.8) is 0 Å². The molecule has 0 aliphatic carbocycles. The van der Waals surface area contributed by atoms with E-state index < -0.39 is 5.92 Å². The predicted octanol–water partition coefficient (Wildman–Crippen LogP) is 3.41. The number of benzene rings is 1. The first-order chi connectivity index (χ1) is 9.31. The van der Waals surface area contributed by atoms with Gasteiger partial charge < -0.3 is 5.73 Å². The normalized spacial score (nSPS) is 12.1. The van der Waals surface area contributed by atoms with E-state index in [0.717, 1.165) is 0 Å². The summed E-state index contributed by atoms with van der Waals surface area (Å²) >= 11 is 4.83. The van der Waals surface area contributed by atoms with Crippen LogP contribution in [0.5, 0.6) is 0 Å². The number of rotatable bonds is 8. The summed E-state index contributed by atoms with van der Waals surface area (Å²) in [6.07, 6.45) is 0.465. The molecule has 2 nitrogen and oxygen atoms in total. The smallest absolute Gasteiger partial charge is 0.285 e. The predicted molar refractivity (Wildman–Crippen MR) is 83.0 cm³/mol. The molecule has 0 aliphatic rings. The Labute approximate surface area is 125 Å². The zero-order valence-electron chi connectivity index (χ0n) is 12.0. The summed E-state index contributed by atoms with van der Waals surface area (Å²) in [4.78, 5) is 2.10. The largest absolute Gasteiger partial charge is 0.393 e. The molecule has 0 aromatic heterocycles. The molecule has 0 saturated carbocycles. The highest BCUT2D eigenvalue weighted by Gasteiger charge is 2.33. The monoisotopic (exact) mass is 300 g/mol. The average molecular weight is 300 g/mol. The summed E-state index contributed by atoms with van der Waals surface area (Å²) in [5, 5.41) is 0. The Hall–Kier alpha value is -1.07. The first kappa shape index (κ1) is 17.0. The molecule has 5 heteroatoms. The molecule has 2 N–H and O–H groups in total. The Morgan fingerprint density at radius 1 is 1.30 bits per heavy atom. The molecule has 0 spiro atoms. The summed E-state index contributed by atoms with van der Waals surface area (Å²) in [5.41, 5.74) is 5.51. The van der Waals surface area contributed by atoms with Crippen molar-refractivity contribution in [3.05, 3.63) is 35.9 Å². The number of hydrogen-bond acceptors (Lipinski definition) is 2. The number of nitrogens with two attached hydrogens (primary N) is 1. The van der Waals surface area contributed by atoms with Crippen LogP contribution in [-0.2, 0) is 5.92 Å². The van der Waals surface area contributed by atoms with Gasteiger partial charge in [-0.3, -0.25) is 4.90 Å². The first-order valence-corrected chi connectivity index (χ1v) is 7.16. The van der Waals surface area contributed by atoms with E-state index in [4.69, 9.17) is 18.0 Å². The molecule has 0 atom stereocenters. The van der Waals surface area contributed by atoms with Gasteiger partial charge in [0, 0.05) is 25.1 Å². The maximum Gasteiger partial charge on any atom is 0.285 e. The Morgan fingerprint density at radius 3 is 2.40 bits per heavy atom. The number of hydrogen-bond donors (Lipinski definition) is 1. The van der Waals surface area contributed by atoms with Crippen molar-refractivity contribution in [1.29, 1.82) is 0 Å². The van der Waals surface area contributed by atoms with Gasteiger partial charge in [0.05, 0.1) is 11.5 Å². The zero-order chi connectivity index (χ0) is 15.2. The van der Waals surface area contributed by atoms with E-state index in [2.05, 4.69) is 0 Å². The van der Waals surface area contributed by atoms with E-state index in [9.17, 15) is 8.78 Å². The van der Waals surface area contributed by atoms with Gasteiger partial charge in [-0.05, 0) is 5.92 Å². The Kier molecular flexibility index (Phi) is 6.49. The summed E-state index contributed by atoms with van der Waals surface area (Å²) in [6, 6.07) is 7.91. The van der Waals surface area contributed by atoms with Crippen LogP contribution in [0, 0.1) is 5.92 Å². The molecule has 20 heavy (non-hydrogen) atoms. The van der Waals surface area contributed by atoms with Crippen LogP contribution in [0.25, 0.3) is 0 Å². The highest BCUT2D eigenvalue weighted by Crippen LogP contribution is 2.29. The standard InChI is InChI=1S/C15H22F2N2S/c1-12(2)10-19(9-8-14(18)20)11-15(16,17)13-6-4-3-5-7-13/h3-7,12H,8-11H2,1-2H3,(H2,18,20). The molecule has 0 heterocycles. The topological polar surface area (TPSA) is 29.3 Å². The number of alkyl halides is 2. The highest BCUT2D eigenvalue weighted by molar-refractivity contribution is 7.80. The molecular weight excluding hydrogens is 278 g/mol. The number of halogens is 2. The van der Waals surface area contributed by atoms with Crippen LogP contribution >= 0.6 is 12.2 Å². The van der Waals surface area contributed by atoms with Crippen LogP contribution in [0.2, 0.25) is 0 Å². The summed E-state index contributed by atoms with van der Waals surface area (Å²) in [7, 11) is 0. The quantitative estimate of drug-likeness (QED) is 0.746. The molecule has 1 aromatic carbocycles. The maximum absolute atomic E-state index is 14.3. The van der Waals surface area contributed by atoms with Gasteiger partial charge >= 0.3 is 0 Å². The SMILES string of the molecule is CC(C)CN(CCC(N)=S)CC(F)(F)c1ccccc1. The van der Waals surface area contributed by atoms with Crippen molar-refractivity contribution in [3.8, 4) is 0 Å². The van der Waals surface area contributed by atoms with E-state index in [0.29, 0.717) is 30.4 Å². The fourth-order valence-corrected chi connectivity index (χ4v) is 2.16. The van der Waals surface area contributed by atoms with Gasteiger partial charge in [0.2, 0.25) is 0 Å². The van der Waals surface area contributed by atoms with Gasteiger partial charge in [0.15, 0.2) is 0 Å². The van der Waals surface area contributed by atoms with Crippen LogP contribution in [0.15, 0.2) is 30.3 Å². The van der Waals surface area contributed by atoms with Gasteiger partial charge in [-0.1, -0.05) is 56.4 Å². The van der Waals surface area contributed by atoms with Crippen molar-refractivity contribution < 1.29 is 8.78 Å². The van der Waals surface area contributed by atoms with Gasteiger partial charge in [-0.2, -0.15) is 8.78 Å². The van der Waals surface area contributed by atoms with Gasteiger partial charge in [0.1, 0.15) is 0 Å². The van der Waals surface area contributed by atoms with Crippen LogP contribution in [0.4, 0.5) is 8.78 Å². The summed E-state index contributed by atoms with van der Waals surface area (Å²) in [6.45, 7) is 4.78.